The number of aromatic nitrogens is 4. The lowest BCUT2D eigenvalue weighted by Gasteiger charge is -2.07. The first-order valence-corrected chi connectivity index (χ1v) is 9.61. The van der Waals surface area contributed by atoms with E-state index in [9.17, 15) is 18.0 Å². The normalized spacial score (nSPS) is 11.5. The molecule has 3 aromatic heterocycles. The molecule has 10 heteroatoms. The number of aryl methyl sites for hydroxylation is 1. The van der Waals surface area contributed by atoms with E-state index in [1.807, 2.05) is 6.07 Å². The van der Waals surface area contributed by atoms with Gasteiger partial charge in [0.1, 0.15) is 10.7 Å². The zero-order chi connectivity index (χ0) is 21.3. The Morgan fingerprint density at radius 2 is 1.93 bits per heavy atom. The number of carbonyl (C=O) groups excluding carboxylic acids is 1. The van der Waals surface area contributed by atoms with Gasteiger partial charge in [0.2, 0.25) is 0 Å². The van der Waals surface area contributed by atoms with E-state index in [-0.39, 0.29) is 11.6 Å². The van der Waals surface area contributed by atoms with Crippen molar-refractivity contribution in [3.8, 4) is 16.3 Å². The molecule has 1 amide bonds. The van der Waals surface area contributed by atoms with Crippen LogP contribution in [0.2, 0.25) is 0 Å². The topological polar surface area (TPSA) is 72.7 Å². The highest BCUT2D eigenvalue weighted by Gasteiger charge is 2.34. The standard InChI is InChI=1S/C20H14F3N5OS/c1-12-9-17(20(21,22)23)27-28(12)15-6-4-14(5-7-15)25-18(29)16-11-30-19(26-16)13-3-2-8-24-10-13/h2-11H,1H3,(H,25,29). The Hall–Kier alpha value is -3.53. The van der Waals surface area contributed by atoms with Gasteiger partial charge in [-0.2, -0.15) is 18.3 Å². The molecule has 6 nitrogen and oxygen atoms in total. The maximum Gasteiger partial charge on any atom is 0.435 e. The molecule has 0 radical (unpaired) electrons. The molecule has 0 spiro atoms. The Balaban J connectivity index is 1.48. The molecule has 0 fully saturated rings. The van der Waals surface area contributed by atoms with Crippen LogP contribution >= 0.6 is 11.3 Å². The van der Waals surface area contributed by atoms with E-state index < -0.39 is 11.9 Å². The Labute approximate surface area is 173 Å². The average molecular weight is 429 g/mol. The van der Waals surface area contributed by atoms with Gasteiger partial charge < -0.3 is 5.32 Å². The molecular weight excluding hydrogens is 415 g/mol. The Morgan fingerprint density at radius 3 is 2.57 bits per heavy atom. The fourth-order valence-corrected chi connectivity index (χ4v) is 3.55. The van der Waals surface area contributed by atoms with Crippen LogP contribution in [0.1, 0.15) is 21.9 Å². The second-order valence-corrected chi connectivity index (χ2v) is 7.22. The Bertz CT molecular complexity index is 1180. The van der Waals surface area contributed by atoms with Crippen LogP contribution in [-0.4, -0.2) is 25.7 Å². The van der Waals surface area contributed by atoms with E-state index in [0.717, 1.165) is 11.6 Å². The molecule has 152 valence electrons. The highest BCUT2D eigenvalue weighted by atomic mass is 32.1. The molecule has 1 aromatic carbocycles. The van der Waals surface area contributed by atoms with Gasteiger partial charge in [-0.15, -0.1) is 11.3 Å². The lowest BCUT2D eigenvalue weighted by Crippen LogP contribution is -2.12. The number of amides is 1. The lowest BCUT2D eigenvalue weighted by molar-refractivity contribution is -0.141. The summed E-state index contributed by atoms with van der Waals surface area (Å²) in [5, 5.41) is 8.67. The minimum atomic E-state index is -4.51. The number of hydrogen-bond acceptors (Lipinski definition) is 5. The largest absolute Gasteiger partial charge is 0.435 e. The van der Waals surface area contributed by atoms with Crippen LogP contribution in [0.3, 0.4) is 0 Å². The van der Waals surface area contributed by atoms with Gasteiger partial charge in [0.25, 0.3) is 5.91 Å². The number of halogens is 3. The van der Waals surface area contributed by atoms with Gasteiger partial charge >= 0.3 is 6.18 Å². The van der Waals surface area contributed by atoms with E-state index in [1.165, 1.54) is 16.0 Å². The number of carbonyl (C=O) groups is 1. The van der Waals surface area contributed by atoms with E-state index >= 15 is 0 Å². The number of nitrogens with zero attached hydrogens (tertiary/aromatic N) is 4. The zero-order valence-corrected chi connectivity index (χ0v) is 16.3. The number of rotatable bonds is 4. The van der Waals surface area contributed by atoms with Crippen LogP contribution < -0.4 is 5.32 Å². The number of alkyl halides is 3. The first-order chi connectivity index (χ1) is 14.3. The highest BCUT2D eigenvalue weighted by Crippen LogP contribution is 2.29. The molecule has 0 aliphatic heterocycles. The summed E-state index contributed by atoms with van der Waals surface area (Å²) in [5.41, 5.74) is 1.42. The minimum Gasteiger partial charge on any atom is -0.321 e. The van der Waals surface area contributed by atoms with E-state index in [4.69, 9.17) is 0 Å². The van der Waals surface area contributed by atoms with Gasteiger partial charge in [-0.3, -0.25) is 9.78 Å². The maximum atomic E-state index is 12.8. The van der Waals surface area contributed by atoms with E-state index in [0.29, 0.717) is 22.1 Å². The summed E-state index contributed by atoms with van der Waals surface area (Å²) in [4.78, 5) is 20.8. The Morgan fingerprint density at radius 1 is 1.17 bits per heavy atom. The van der Waals surface area contributed by atoms with Crippen molar-refractivity contribution in [3.63, 3.8) is 0 Å². The van der Waals surface area contributed by atoms with Gasteiger partial charge in [0, 0.05) is 34.7 Å². The molecule has 0 bridgehead atoms. The van der Waals surface area contributed by atoms with Crippen molar-refractivity contribution in [3.05, 3.63) is 77.3 Å². The summed E-state index contributed by atoms with van der Waals surface area (Å²) in [6.45, 7) is 1.54. The number of hydrogen-bond donors (Lipinski definition) is 1. The average Bonchev–Trinajstić information content (AvgIpc) is 3.36. The fraction of sp³-hybridized carbons (Fsp3) is 0.100. The molecule has 4 rings (SSSR count). The van der Waals surface area contributed by atoms with Gasteiger partial charge in [0.15, 0.2) is 5.69 Å². The molecule has 3 heterocycles. The number of pyridine rings is 1. The smallest absolute Gasteiger partial charge is 0.321 e. The second kappa shape index (κ2) is 7.71. The summed E-state index contributed by atoms with van der Waals surface area (Å²) >= 11 is 1.33. The molecule has 0 unspecified atom stereocenters. The number of benzene rings is 1. The van der Waals surface area contributed by atoms with Crippen LogP contribution in [0.5, 0.6) is 0 Å². The van der Waals surface area contributed by atoms with Crippen molar-refractivity contribution < 1.29 is 18.0 Å². The summed E-state index contributed by atoms with van der Waals surface area (Å²) in [6, 6.07) is 11.0. The fourth-order valence-electron chi connectivity index (χ4n) is 2.76. The number of thiazole rings is 1. The number of anilines is 1. The first-order valence-electron chi connectivity index (χ1n) is 8.73. The van der Waals surface area contributed by atoms with Crippen LogP contribution in [0.15, 0.2) is 60.2 Å². The summed E-state index contributed by atoms with van der Waals surface area (Å²) < 4.78 is 39.7. The van der Waals surface area contributed by atoms with Crippen molar-refractivity contribution >= 4 is 22.9 Å². The van der Waals surface area contributed by atoms with E-state index in [1.54, 1.807) is 55.0 Å². The monoisotopic (exact) mass is 429 g/mol. The van der Waals surface area contributed by atoms with Crippen LogP contribution in [0, 0.1) is 6.92 Å². The van der Waals surface area contributed by atoms with Crippen LogP contribution in [-0.2, 0) is 6.18 Å². The maximum absolute atomic E-state index is 12.8. The van der Waals surface area contributed by atoms with Gasteiger partial charge in [-0.1, -0.05) is 0 Å². The molecule has 0 saturated carbocycles. The lowest BCUT2D eigenvalue weighted by atomic mass is 10.2. The third-order valence-corrected chi connectivity index (χ3v) is 5.08. The van der Waals surface area contributed by atoms with Crippen molar-refractivity contribution in [2.24, 2.45) is 0 Å². The van der Waals surface area contributed by atoms with Crippen LogP contribution in [0.4, 0.5) is 18.9 Å². The van der Waals surface area contributed by atoms with Crippen molar-refractivity contribution in [1.82, 2.24) is 19.7 Å². The van der Waals surface area contributed by atoms with Crippen molar-refractivity contribution in [2.45, 2.75) is 13.1 Å². The van der Waals surface area contributed by atoms with E-state index in [2.05, 4.69) is 20.4 Å². The van der Waals surface area contributed by atoms with Crippen molar-refractivity contribution in [2.75, 3.05) is 5.32 Å². The SMILES string of the molecule is Cc1cc(C(F)(F)F)nn1-c1ccc(NC(=O)c2csc(-c3cccnc3)n2)cc1. The summed E-state index contributed by atoms with van der Waals surface area (Å²) in [7, 11) is 0. The molecule has 1 N–H and O–H groups in total. The van der Waals surface area contributed by atoms with Gasteiger partial charge in [0.05, 0.1) is 5.69 Å². The first kappa shape index (κ1) is 19.8. The third kappa shape index (κ3) is 4.08. The Kier molecular flexibility index (Phi) is 5.08. The third-order valence-electron chi connectivity index (χ3n) is 4.19. The molecular formula is C20H14F3N5OS. The molecule has 0 aliphatic carbocycles. The predicted octanol–water partition coefficient (Wildman–Crippen LogP) is 4.97. The van der Waals surface area contributed by atoms with Crippen molar-refractivity contribution in [1.29, 1.82) is 0 Å². The predicted molar refractivity (Wildman–Crippen MR) is 107 cm³/mol. The van der Waals surface area contributed by atoms with Gasteiger partial charge in [-0.25, -0.2) is 9.67 Å². The van der Waals surface area contributed by atoms with Crippen LogP contribution in [0.25, 0.3) is 16.3 Å². The zero-order valence-electron chi connectivity index (χ0n) is 15.5. The molecule has 4 aromatic rings. The molecule has 0 atom stereocenters. The molecule has 0 aliphatic rings. The summed E-state index contributed by atoms with van der Waals surface area (Å²) in [6.07, 6.45) is -1.18. The van der Waals surface area contributed by atoms with Gasteiger partial charge in [-0.05, 0) is 49.4 Å². The minimum absolute atomic E-state index is 0.265. The number of nitrogens with one attached hydrogen (secondary N) is 1. The highest BCUT2D eigenvalue weighted by molar-refractivity contribution is 7.13. The summed E-state index contributed by atoms with van der Waals surface area (Å²) in [5.74, 6) is -0.385. The molecule has 30 heavy (non-hydrogen) atoms. The second-order valence-electron chi connectivity index (χ2n) is 6.36. The molecule has 0 saturated heterocycles. The quantitative estimate of drug-likeness (QED) is 0.497.